The molecule has 1 saturated heterocycles. The van der Waals surface area contributed by atoms with E-state index < -0.39 is 5.54 Å². The van der Waals surface area contributed by atoms with Crippen LogP contribution >= 0.6 is 15.9 Å². The first kappa shape index (κ1) is 15.0. The number of ether oxygens (including phenoxy) is 1. The summed E-state index contributed by atoms with van der Waals surface area (Å²) in [4.78, 5) is 25.8. The van der Waals surface area contributed by atoms with Gasteiger partial charge in [-0.25, -0.2) is 4.79 Å². The molecule has 0 aromatic heterocycles. The first-order valence-corrected chi connectivity index (χ1v) is 7.17. The molecule has 0 saturated carbocycles. The minimum Gasteiger partial charge on any atom is -0.385 e. The van der Waals surface area contributed by atoms with E-state index in [4.69, 9.17) is 4.74 Å². The number of carbonyl (C=O) groups excluding carboxylic acids is 2. The van der Waals surface area contributed by atoms with E-state index in [-0.39, 0.29) is 11.9 Å². The van der Waals surface area contributed by atoms with Crippen LogP contribution < -0.4 is 5.32 Å². The van der Waals surface area contributed by atoms with E-state index in [1.165, 1.54) is 4.90 Å². The SMILES string of the molecule is COCCCN1C(=O)NC(C)(c2cccc(Br)c2)C1=O. The number of nitrogens with zero attached hydrogens (tertiary/aromatic N) is 1. The van der Waals surface area contributed by atoms with E-state index in [9.17, 15) is 9.59 Å². The average molecular weight is 341 g/mol. The molecule has 1 unspecified atom stereocenters. The number of nitrogens with one attached hydrogen (secondary N) is 1. The van der Waals surface area contributed by atoms with Gasteiger partial charge < -0.3 is 10.1 Å². The molecule has 1 aliphatic heterocycles. The largest absolute Gasteiger partial charge is 0.385 e. The molecule has 0 radical (unpaired) electrons. The van der Waals surface area contributed by atoms with Crippen LogP contribution in [-0.2, 0) is 15.1 Å². The molecule has 1 heterocycles. The number of carbonyl (C=O) groups is 2. The first-order valence-electron chi connectivity index (χ1n) is 6.38. The molecule has 5 nitrogen and oxygen atoms in total. The number of urea groups is 1. The second-order valence-electron chi connectivity index (χ2n) is 4.87. The van der Waals surface area contributed by atoms with Crippen LogP contribution in [0, 0.1) is 0 Å². The van der Waals surface area contributed by atoms with Gasteiger partial charge >= 0.3 is 6.03 Å². The Labute approximate surface area is 126 Å². The first-order chi connectivity index (χ1) is 9.49. The average Bonchev–Trinajstić information content (AvgIpc) is 2.63. The highest BCUT2D eigenvalue weighted by Gasteiger charge is 2.48. The Kier molecular flexibility index (Phi) is 4.45. The van der Waals surface area contributed by atoms with Gasteiger partial charge in [-0.15, -0.1) is 0 Å². The van der Waals surface area contributed by atoms with Crippen molar-refractivity contribution in [3.05, 3.63) is 34.3 Å². The molecule has 1 atom stereocenters. The van der Waals surface area contributed by atoms with Crippen LogP contribution in [0.25, 0.3) is 0 Å². The molecular weight excluding hydrogens is 324 g/mol. The lowest BCUT2D eigenvalue weighted by Gasteiger charge is -2.22. The Morgan fingerprint density at radius 1 is 1.40 bits per heavy atom. The fourth-order valence-corrected chi connectivity index (χ4v) is 2.66. The number of methoxy groups -OCH3 is 1. The Morgan fingerprint density at radius 3 is 2.80 bits per heavy atom. The number of benzene rings is 1. The summed E-state index contributed by atoms with van der Waals surface area (Å²) in [6.07, 6.45) is 0.629. The lowest BCUT2D eigenvalue weighted by Crippen LogP contribution is -2.41. The summed E-state index contributed by atoms with van der Waals surface area (Å²) in [5.41, 5.74) is -0.243. The number of imide groups is 1. The maximum absolute atomic E-state index is 12.5. The topological polar surface area (TPSA) is 58.6 Å². The monoisotopic (exact) mass is 340 g/mol. The van der Waals surface area contributed by atoms with Crippen molar-refractivity contribution in [3.8, 4) is 0 Å². The minimum atomic E-state index is -1.01. The Bertz CT molecular complexity index is 535. The second kappa shape index (κ2) is 5.93. The van der Waals surface area contributed by atoms with Gasteiger partial charge in [0, 0.05) is 24.7 Å². The van der Waals surface area contributed by atoms with Crippen LogP contribution in [0.5, 0.6) is 0 Å². The molecule has 1 fully saturated rings. The van der Waals surface area contributed by atoms with Crippen LogP contribution in [0.3, 0.4) is 0 Å². The zero-order valence-electron chi connectivity index (χ0n) is 11.5. The van der Waals surface area contributed by atoms with Gasteiger partial charge in [-0.3, -0.25) is 9.69 Å². The van der Waals surface area contributed by atoms with Crippen molar-refractivity contribution < 1.29 is 14.3 Å². The predicted octanol–water partition coefficient (Wildman–Crippen LogP) is 2.25. The Hall–Kier alpha value is -1.40. The van der Waals surface area contributed by atoms with Gasteiger partial charge in [0.2, 0.25) is 0 Å². The third-order valence-electron chi connectivity index (χ3n) is 3.41. The minimum absolute atomic E-state index is 0.225. The summed E-state index contributed by atoms with van der Waals surface area (Å²) in [5, 5.41) is 2.78. The van der Waals surface area contributed by atoms with Crippen molar-refractivity contribution in [2.24, 2.45) is 0 Å². The van der Waals surface area contributed by atoms with Gasteiger partial charge in [-0.05, 0) is 31.0 Å². The highest BCUT2D eigenvalue weighted by atomic mass is 79.9. The maximum Gasteiger partial charge on any atom is 0.325 e. The third kappa shape index (κ3) is 2.71. The van der Waals surface area contributed by atoms with E-state index in [2.05, 4.69) is 21.2 Å². The van der Waals surface area contributed by atoms with Gasteiger partial charge in [-0.2, -0.15) is 0 Å². The van der Waals surface area contributed by atoms with Crippen molar-refractivity contribution >= 4 is 27.9 Å². The number of hydrogen-bond donors (Lipinski definition) is 1. The maximum atomic E-state index is 12.5. The molecule has 2 rings (SSSR count). The Balaban J connectivity index is 2.21. The van der Waals surface area contributed by atoms with Crippen LogP contribution in [0.1, 0.15) is 18.9 Å². The van der Waals surface area contributed by atoms with Crippen molar-refractivity contribution in [2.75, 3.05) is 20.3 Å². The van der Waals surface area contributed by atoms with Gasteiger partial charge in [0.15, 0.2) is 0 Å². The standard InChI is InChI=1S/C14H17BrN2O3/c1-14(10-5-3-6-11(15)9-10)12(18)17(13(19)16-14)7-4-8-20-2/h3,5-6,9H,4,7-8H2,1-2H3,(H,16,19). The summed E-state index contributed by atoms with van der Waals surface area (Å²) in [6.45, 7) is 2.61. The van der Waals surface area contributed by atoms with Gasteiger partial charge in [0.05, 0.1) is 0 Å². The molecule has 3 amide bonds. The van der Waals surface area contributed by atoms with Crippen LogP contribution in [-0.4, -0.2) is 37.1 Å². The second-order valence-corrected chi connectivity index (χ2v) is 5.78. The lowest BCUT2D eigenvalue weighted by atomic mass is 9.92. The number of rotatable bonds is 5. The van der Waals surface area contributed by atoms with E-state index >= 15 is 0 Å². The Morgan fingerprint density at radius 2 is 2.15 bits per heavy atom. The zero-order chi connectivity index (χ0) is 14.8. The molecule has 1 aliphatic rings. The molecule has 108 valence electrons. The van der Waals surface area contributed by atoms with Crippen LogP contribution in [0.4, 0.5) is 4.79 Å². The molecule has 6 heteroatoms. The molecular formula is C14H17BrN2O3. The predicted molar refractivity (Wildman–Crippen MR) is 78.2 cm³/mol. The van der Waals surface area contributed by atoms with Gasteiger partial charge in [-0.1, -0.05) is 28.1 Å². The van der Waals surface area contributed by atoms with Crippen molar-refractivity contribution in [2.45, 2.75) is 18.9 Å². The normalized spacial score (nSPS) is 22.2. The van der Waals surface area contributed by atoms with E-state index in [1.807, 2.05) is 24.3 Å². The molecule has 1 N–H and O–H groups in total. The summed E-state index contributed by atoms with van der Waals surface area (Å²) in [7, 11) is 1.59. The van der Waals surface area contributed by atoms with Gasteiger partial charge in [0.1, 0.15) is 5.54 Å². The summed E-state index contributed by atoms with van der Waals surface area (Å²) in [6, 6.07) is 7.05. The number of hydrogen-bond acceptors (Lipinski definition) is 3. The fraction of sp³-hybridized carbons (Fsp3) is 0.429. The quantitative estimate of drug-likeness (QED) is 0.660. The van der Waals surface area contributed by atoms with Crippen molar-refractivity contribution in [1.82, 2.24) is 10.2 Å². The smallest absolute Gasteiger partial charge is 0.325 e. The summed E-state index contributed by atoms with van der Waals surface area (Å²) < 4.78 is 5.82. The summed E-state index contributed by atoms with van der Waals surface area (Å²) >= 11 is 3.38. The summed E-state index contributed by atoms with van der Waals surface area (Å²) in [5.74, 6) is -0.225. The van der Waals surface area contributed by atoms with Crippen LogP contribution in [0.2, 0.25) is 0 Å². The molecule has 20 heavy (non-hydrogen) atoms. The highest BCUT2D eigenvalue weighted by Crippen LogP contribution is 2.30. The van der Waals surface area contributed by atoms with Crippen LogP contribution in [0.15, 0.2) is 28.7 Å². The molecule has 0 aliphatic carbocycles. The van der Waals surface area contributed by atoms with Crippen molar-refractivity contribution in [1.29, 1.82) is 0 Å². The fourth-order valence-electron chi connectivity index (χ4n) is 2.26. The lowest BCUT2D eigenvalue weighted by molar-refractivity contribution is -0.131. The van der Waals surface area contributed by atoms with Gasteiger partial charge in [0.25, 0.3) is 5.91 Å². The highest BCUT2D eigenvalue weighted by molar-refractivity contribution is 9.10. The number of halogens is 1. The zero-order valence-corrected chi connectivity index (χ0v) is 13.1. The van der Waals surface area contributed by atoms with E-state index in [1.54, 1.807) is 14.0 Å². The molecule has 0 bridgehead atoms. The molecule has 1 aromatic rings. The molecule has 1 aromatic carbocycles. The van der Waals surface area contributed by atoms with E-state index in [0.29, 0.717) is 19.6 Å². The van der Waals surface area contributed by atoms with E-state index in [0.717, 1.165) is 10.0 Å². The van der Waals surface area contributed by atoms with Crippen molar-refractivity contribution in [3.63, 3.8) is 0 Å². The number of amides is 3. The molecule has 0 spiro atoms. The third-order valence-corrected chi connectivity index (χ3v) is 3.90.